The van der Waals surface area contributed by atoms with E-state index >= 15 is 0 Å². The number of aryl methyl sites for hydroxylation is 1. The van der Waals surface area contributed by atoms with Crippen LogP contribution in [0.25, 0.3) is 0 Å². The topological polar surface area (TPSA) is 49.4 Å². The molecule has 2 heterocycles. The molecule has 0 amide bonds. The predicted molar refractivity (Wildman–Crippen MR) is 77.0 cm³/mol. The molecule has 2 saturated heterocycles. The molecule has 0 unspecified atom stereocenters. The fourth-order valence-corrected chi connectivity index (χ4v) is 4.90. The molecule has 4 nitrogen and oxygen atoms in total. The van der Waals surface area contributed by atoms with Gasteiger partial charge in [-0.05, 0) is 43.5 Å². The van der Waals surface area contributed by atoms with Crippen LogP contribution in [0.1, 0.15) is 5.56 Å². The highest BCUT2D eigenvalue weighted by Gasteiger charge is 2.42. The molecule has 0 spiro atoms. The molecule has 2 fully saturated rings. The molecule has 2 aliphatic heterocycles. The number of benzene rings is 1. The van der Waals surface area contributed by atoms with Crippen LogP contribution in [0.15, 0.2) is 23.1 Å². The second-order valence-electron chi connectivity index (χ2n) is 5.39. The molecule has 1 aromatic carbocycles. The summed E-state index contributed by atoms with van der Waals surface area (Å²) in [6.07, 6.45) is 0. The summed E-state index contributed by atoms with van der Waals surface area (Å²) >= 11 is 0. The van der Waals surface area contributed by atoms with Gasteiger partial charge >= 0.3 is 0 Å². The van der Waals surface area contributed by atoms with E-state index in [0.29, 0.717) is 30.5 Å². The Bertz CT molecular complexity index is 576. The van der Waals surface area contributed by atoms with Crippen LogP contribution in [-0.4, -0.2) is 38.9 Å². The molecular formula is C13H18ClFN2O2S. The number of nitrogens with zero attached hydrogens (tertiary/aromatic N) is 1. The molecule has 112 valence electrons. The van der Waals surface area contributed by atoms with Gasteiger partial charge < -0.3 is 5.32 Å². The summed E-state index contributed by atoms with van der Waals surface area (Å²) < 4.78 is 40.5. The Hall–Kier alpha value is -0.690. The molecule has 7 heteroatoms. The van der Waals surface area contributed by atoms with Gasteiger partial charge in [-0.25, -0.2) is 12.8 Å². The van der Waals surface area contributed by atoms with Gasteiger partial charge in [-0.3, -0.25) is 0 Å². The van der Waals surface area contributed by atoms with Crippen LogP contribution in [0.5, 0.6) is 0 Å². The van der Waals surface area contributed by atoms with Gasteiger partial charge in [0.1, 0.15) is 10.7 Å². The minimum Gasteiger partial charge on any atom is -0.316 e. The van der Waals surface area contributed by atoms with Crippen LogP contribution in [0, 0.1) is 24.6 Å². The maximum atomic E-state index is 13.9. The van der Waals surface area contributed by atoms with Crippen molar-refractivity contribution in [3.05, 3.63) is 29.6 Å². The van der Waals surface area contributed by atoms with Crippen molar-refractivity contribution in [2.75, 3.05) is 26.2 Å². The first-order chi connectivity index (χ1) is 9.00. The van der Waals surface area contributed by atoms with E-state index in [1.54, 1.807) is 13.0 Å². The summed E-state index contributed by atoms with van der Waals surface area (Å²) in [5.74, 6) is 0.0684. The van der Waals surface area contributed by atoms with Crippen LogP contribution < -0.4 is 5.32 Å². The van der Waals surface area contributed by atoms with Gasteiger partial charge in [-0.15, -0.1) is 12.4 Å². The molecule has 0 aliphatic carbocycles. The molecule has 1 N–H and O–H groups in total. The average Bonchev–Trinajstić information content (AvgIpc) is 2.87. The van der Waals surface area contributed by atoms with Crippen molar-refractivity contribution in [1.82, 2.24) is 9.62 Å². The van der Waals surface area contributed by atoms with Crippen molar-refractivity contribution in [3.8, 4) is 0 Å². The second kappa shape index (κ2) is 5.60. The van der Waals surface area contributed by atoms with Crippen LogP contribution in [0.2, 0.25) is 0 Å². The number of hydrogen-bond acceptors (Lipinski definition) is 3. The van der Waals surface area contributed by atoms with Gasteiger partial charge in [0.15, 0.2) is 0 Å². The molecule has 2 aliphatic rings. The van der Waals surface area contributed by atoms with Gasteiger partial charge in [0.25, 0.3) is 0 Å². The van der Waals surface area contributed by atoms with Gasteiger partial charge in [0.05, 0.1) is 0 Å². The maximum Gasteiger partial charge on any atom is 0.246 e. The molecule has 0 radical (unpaired) electrons. The van der Waals surface area contributed by atoms with Crippen molar-refractivity contribution in [2.45, 2.75) is 11.8 Å². The van der Waals surface area contributed by atoms with E-state index < -0.39 is 15.8 Å². The summed E-state index contributed by atoms with van der Waals surface area (Å²) in [7, 11) is -3.71. The van der Waals surface area contributed by atoms with E-state index in [-0.39, 0.29) is 17.3 Å². The molecule has 2 atom stereocenters. The Morgan fingerprint density at radius 2 is 1.85 bits per heavy atom. The summed E-state index contributed by atoms with van der Waals surface area (Å²) in [4.78, 5) is -0.164. The summed E-state index contributed by atoms with van der Waals surface area (Å²) in [5, 5.41) is 3.26. The van der Waals surface area contributed by atoms with Crippen molar-refractivity contribution in [1.29, 1.82) is 0 Å². The number of nitrogens with one attached hydrogen (secondary N) is 1. The molecule has 1 aromatic rings. The third-order valence-electron chi connectivity index (χ3n) is 4.12. The minimum absolute atomic E-state index is 0. The molecule has 0 bridgehead atoms. The van der Waals surface area contributed by atoms with Crippen molar-refractivity contribution >= 4 is 22.4 Å². The number of halogens is 2. The van der Waals surface area contributed by atoms with E-state index in [1.807, 2.05) is 0 Å². The number of fused-ring (bicyclic) bond motifs is 1. The standard InChI is InChI=1S/C13H17FN2O2S.ClH/c1-9-3-2-4-12(14)13(9)19(17,18)16-7-10-5-15-6-11(10)8-16;/h2-4,10-11,15H,5-8H2,1H3;1H/t10-,11+;. The Morgan fingerprint density at radius 1 is 1.25 bits per heavy atom. The number of hydrogen-bond donors (Lipinski definition) is 1. The SMILES string of the molecule is Cc1cccc(F)c1S(=O)(=O)N1C[C@H]2CNC[C@H]2C1.Cl. The zero-order chi connectivity index (χ0) is 13.6. The summed E-state index contributed by atoms with van der Waals surface area (Å²) in [5.41, 5.74) is 0.468. The van der Waals surface area contributed by atoms with E-state index in [9.17, 15) is 12.8 Å². The Kier molecular flexibility index (Phi) is 4.39. The first-order valence-corrected chi connectivity index (χ1v) is 7.90. The lowest BCUT2D eigenvalue weighted by Gasteiger charge is -2.19. The zero-order valence-corrected chi connectivity index (χ0v) is 12.8. The maximum absolute atomic E-state index is 13.9. The highest BCUT2D eigenvalue weighted by molar-refractivity contribution is 7.89. The van der Waals surface area contributed by atoms with Crippen LogP contribution in [-0.2, 0) is 10.0 Å². The highest BCUT2D eigenvalue weighted by Crippen LogP contribution is 2.32. The van der Waals surface area contributed by atoms with Crippen molar-refractivity contribution < 1.29 is 12.8 Å². The smallest absolute Gasteiger partial charge is 0.246 e. The molecule has 0 saturated carbocycles. The second-order valence-corrected chi connectivity index (χ2v) is 7.26. The van der Waals surface area contributed by atoms with Crippen LogP contribution >= 0.6 is 12.4 Å². The van der Waals surface area contributed by atoms with Crippen LogP contribution in [0.4, 0.5) is 4.39 Å². The zero-order valence-electron chi connectivity index (χ0n) is 11.2. The quantitative estimate of drug-likeness (QED) is 0.896. The van der Waals surface area contributed by atoms with Gasteiger partial charge in [-0.1, -0.05) is 12.1 Å². The van der Waals surface area contributed by atoms with Crippen molar-refractivity contribution in [3.63, 3.8) is 0 Å². The lowest BCUT2D eigenvalue weighted by molar-refractivity contribution is 0.442. The summed E-state index contributed by atoms with van der Waals surface area (Å²) in [6, 6.07) is 4.37. The Labute approximate surface area is 124 Å². The van der Waals surface area contributed by atoms with E-state index in [4.69, 9.17) is 0 Å². The normalized spacial score (nSPS) is 26.3. The average molecular weight is 321 g/mol. The lowest BCUT2D eigenvalue weighted by atomic mass is 10.0. The third-order valence-corrected chi connectivity index (χ3v) is 6.13. The molecule has 0 aromatic heterocycles. The minimum atomic E-state index is -3.71. The molecule has 20 heavy (non-hydrogen) atoms. The van der Waals surface area contributed by atoms with E-state index in [2.05, 4.69) is 5.32 Å². The first kappa shape index (κ1) is 15.7. The predicted octanol–water partition coefficient (Wildman–Crippen LogP) is 1.40. The number of rotatable bonds is 2. The van der Waals surface area contributed by atoms with E-state index in [0.717, 1.165) is 13.1 Å². The third kappa shape index (κ3) is 2.45. The fourth-order valence-electron chi connectivity index (χ4n) is 3.08. The van der Waals surface area contributed by atoms with Crippen LogP contribution in [0.3, 0.4) is 0 Å². The Balaban J connectivity index is 0.00000147. The van der Waals surface area contributed by atoms with Gasteiger partial charge in [0.2, 0.25) is 10.0 Å². The fraction of sp³-hybridized carbons (Fsp3) is 0.538. The molecular weight excluding hydrogens is 303 g/mol. The highest BCUT2D eigenvalue weighted by atomic mass is 35.5. The largest absolute Gasteiger partial charge is 0.316 e. The van der Waals surface area contributed by atoms with Gasteiger partial charge in [-0.2, -0.15) is 4.31 Å². The van der Waals surface area contributed by atoms with Gasteiger partial charge in [0, 0.05) is 13.1 Å². The Morgan fingerprint density at radius 3 is 2.40 bits per heavy atom. The first-order valence-electron chi connectivity index (χ1n) is 6.46. The molecule has 3 rings (SSSR count). The monoisotopic (exact) mass is 320 g/mol. The summed E-state index contributed by atoms with van der Waals surface area (Å²) in [6.45, 7) is 4.33. The van der Waals surface area contributed by atoms with E-state index in [1.165, 1.54) is 16.4 Å². The number of sulfonamides is 1. The van der Waals surface area contributed by atoms with Crippen molar-refractivity contribution in [2.24, 2.45) is 11.8 Å². The lowest BCUT2D eigenvalue weighted by Crippen LogP contribution is -2.32.